The van der Waals surface area contributed by atoms with Crippen LogP contribution >= 0.6 is 23.2 Å². The zero-order valence-corrected chi connectivity index (χ0v) is 20.4. The normalized spacial score (nSPS) is 18.8. The first-order chi connectivity index (χ1) is 15.7. The maximum absolute atomic E-state index is 14.8. The summed E-state index contributed by atoms with van der Waals surface area (Å²) in [5.74, 6) is -0.205. The predicted molar refractivity (Wildman–Crippen MR) is 127 cm³/mol. The number of benzene rings is 1. The van der Waals surface area contributed by atoms with Gasteiger partial charge in [-0.05, 0) is 55.5 Å². The summed E-state index contributed by atoms with van der Waals surface area (Å²) in [6, 6.07) is 7.43. The fourth-order valence-electron chi connectivity index (χ4n) is 4.34. The van der Waals surface area contributed by atoms with Gasteiger partial charge in [0.15, 0.2) is 0 Å². The van der Waals surface area contributed by atoms with Crippen molar-refractivity contribution in [1.29, 1.82) is 0 Å². The summed E-state index contributed by atoms with van der Waals surface area (Å²) < 4.78 is 41.9. The van der Waals surface area contributed by atoms with E-state index in [1.165, 1.54) is 34.8 Å². The molecular weight excluding hydrogens is 488 g/mol. The summed E-state index contributed by atoms with van der Waals surface area (Å²) in [4.78, 5) is 17.1. The van der Waals surface area contributed by atoms with Crippen molar-refractivity contribution < 1.29 is 17.6 Å². The molecule has 1 aromatic heterocycles. The highest BCUT2D eigenvalue weighted by molar-refractivity contribution is 7.89. The van der Waals surface area contributed by atoms with Gasteiger partial charge in [0.2, 0.25) is 10.0 Å². The second-order valence-electron chi connectivity index (χ2n) is 8.87. The molecule has 6 nitrogen and oxygen atoms in total. The van der Waals surface area contributed by atoms with Crippen LogP contribution in [-0.4, -0.2) is 49.0 Å². The standard InChI is InChI=1S/C23H26Cl2FN3O3S/c24-17-5-6-18(19(25)14-17)22(30)28-15-23(21-20(26)2-1-10-27-21)8-11-29(12-9-23)33(31,32)13-7-16-3-4-16/h1-2,5-6,10,14,16H,3-4,7-9,11-13,15H2,(H,28,30). The van der Waals surface area contributed by atoms with Gasteiger partial charge in [-0.3, -0.25) is 9.78 Å². The summed E-state index contributed by atoms with van der Waals surface area (Å²) in [6.45, 7) is 0.607. The summed E-state index contributed by atoms with van der Waals surface area (Å²) in [7, 11) is -3.36. The van der Waals surface area contributed by atoms with E-state index < -0.39 is 27.2 Å². The number of sulfonamides is 1. The fourth-order valence-corrected chi connectivity index (χ4v) is 6.46. The highest BCUT2D eigenvalue weighted by Gasteiger charge is 2.42. The van der Waals surface area contributed by atoms with E-state index in [1.54, 1.807) is 6.07 Å². The van der Waals surface area contributed by atoms with Gasteiger partial charge in [0.25, 0.3) is 5.91 Å². The molecule has 1 aromatic carbocycles. The van der Waals surface area contributed by atoms with E-state index in [9.17, 15) is 17.6 Å². The second-order valence-corrected chi connectivity index (χ2v) is 11.8. The molecule has 0 atom stereocenters. The second kappa shape index (κ2) is 9.86. The van der Waals surface area contributed by atoms with Crippen LogP contribution in [0.15, 0.2) is 36.5 Å². The van der Waals surface area contributed by atoms with E-state index in [4.69, 9.17) is 23.2 Å². The van der Waals surface area contributed by atoms with Crippen molar-refractivity contribution in [2.24, 2.45) is 5.92 Å². The number of carbonyl (C=O) groups excluding carboxylic acids is 1. The highest BCUT2D eigenvalue weighted by atomic mass is 35.5. The van der Waals surface area contributed by atoms with E-state index in [0.29, 0.717) is 30.2 Å². The van der Waals surface area contributed by atoms with Crippen LogP contribution in [0.1, 0.15) is 48.2 Å². The van der Waals surface area contributed by atoms with Gasteiger partial charge in [0, 0.05) is 36.3 Å². The molecule has 178 valence electrons. The number of nitrogens with one attached hydrogen (secondary N) is 1. The van der Waals surface area contributed by atoms with Gasteiger partial charge in [-0.25, -0.2) is 17.1 Å². The number of nitrogens with zero attached hydrogens (tertiary/aromatic N) is 2. The third-order valence-corrected chi connectivity index (χ3v) is 9.03. The number of rotatable bonds is 8. The minimum atomic E-state index is -3.36. The molecule has 1 saturated heterocycles. The Morgan fingerprint density at radius 1 is 1.21 bits per heavy atom. The molecular formula is C23H26Cl2FN3O3S. The Morgan fingerprint density at radius 3 is 2.58 bits per heavy atom. The molecule has 2 aliphatic rings. The Labute approximate surface area is 203 Å². The Bertz CT molecular complexity index is 1130. The van der Waals surface area contributed by atoms with E-state index in [-0.39, 0.29) is 41.7 Å². The lowest BCUT2D eigenvalue weighted by Gasteiger charge is -2.41. The van der Waals surface area contributed by atoms with Crippen molar-refractivity contribution in [2.75, 3.05) is 25.4 Å². The lowest BCUT2D eigenvalue weighted by molar-refractivity contribution is 0.0931. The summed E-state index contributed by atoms with van der Waals surface area (Å²) >= 11 is 12.1. The van der Waals surface area contributed by atoms with Gasteiger partial charge < -0.3 is 5.32 Å². The van der Waals surface area contributed by atoms with Gasteiger partial charge in [-0.1, -0.05) is 36.0 Å². The smallest absolute Gasteiger partial charge is 0.252 e. The van der Waals surface area contributed by atoms with Crippen LogP contribution in [0.25, 0.3) is 0 Å². The van der Waals surface area contributed by atoms with Crippen molar-refractivity contribution in [3.63, 3.8) is 0 Å². The van der Waals surface area contributed by atoms with E-state index >= 15 is 0 Å². The van der Waals surface area contributed by atoms with Crippen molar-refractivity contribution in [3.8, 4) is 0 Å². The zero-order valence-electron chi connectivity index (χ0n) is 18.1. The molecule has 33 heavy (non-hydrogen) atoms. The number of pyridine rings is 1. The summed E-state index contributed by atoms with van der Waals surface area (Å²) in [6.07, 6.45) is 5.10. The molecule has 1 aliphatic heterocycles. The Balaban J connectivity index is 1.51. The molecule has 10 heteroatoms. The van der Waals surface area contributed by atoms with Gasteiger partial charge in [0.1, 0.15) is 5.82 Å². The van der Waals surface area contributed by atoms with Crippen molar-refractivity contribution in [1.82, 2.24) is 14.6 Å². The molecule has 1 amide bonds. The van der Waals surface area contributed by atoms with Crippen molar-refractivity contribution in [3.05, 3.63) is 63.6 Å². The van der Waals surface area contributed by atoms with E-state index in [0.717, 1.165) is 12.8 Å². The van der Waals surface area contributed by atoms with E-state index in [1.807, 2.05) is 0 Å². The van der Waals surface area contributed by atoms with Crippen molar-refractivity contribution >= 4 is 39.1 Å². The van der Waals surface area contributed by atoms with Crippen molar-refractivity contribution in [2.45, 2.75) is 37.5 Å². The van der Waals surface area contributed by atoms with Crippen LogP contribution in [0.3, 0.4) is 0 Å². The minimum absolute atomic E-state index is 0.106. The third-order valence-electron chi connectivity index (χ3n) is 6.58. The number of aromatic nitrogens is 1. The Kier molecular flexibility index (Phi) is 7.29. The van der Waals surface area contributed by atoms with E-state index in [2.05, 4.69) is 10.3 Å². The number of piperidine rings is 1. The lowest BCUT2D eigenvalue weighted by Crippen LogP contribution is -2.51. The van der Waals surface area contributed by atoms with Gasteiger partial charge in [0.05, 0.1) is 22.0 Å². The van der Waals surface area contributed by atoms with Crippen LogP contribution in [-0.2, 0) is 15.4 Å². The van der Waals surface area contributed by atoms with Gasteiger partial charge in [-0.2, -0.15) is 0 Å². The molecule has 2 aromatic rings. The molecule has 2 fully saturated rings. The molecule has 1 aliphatic carbocycles. The van der Waals surface area contributed by atoms with Gasteiger partial charge in [-0.15, -0.1) is 0 Å². The van der Waals surface area contributed by atoms with Crippen LogP contribution in [0.5, 0.6) is 0 Å². The monoisotopic (exact) mass is 513 g/mol. The average molecular weight is 514 g/mol. The number of hydrogen-bond acceptors (Lipinski definition) is 4. The molecule has 1 saturated carbocycles. The molecule has 0 radical (unpaired) electrons. The SMILES string of the molecule is O=C(NCC1(c2ncccc2F)CCN(S(=O)(=O)CCC2CC2)CC1)c1ccc(Cl)cc1Cl. The molecule has 0 bridgehead atoms. The van der Waals surface area contributed by atoms with Crippen LogP contribution in [0.4, 0.5) is 4.39 Å². The maximum atomic E-state index is 14.8. The molecule has 2 heterocycles. The fraction of sp³-hybridized carbons (Fsp3) is 0.478. The lowest BCUT2D eigenvalue weighted by atomic mass is 9.75. The summed E-state index contributed by atoms with van der Waals surface area (Å²) in [5, 5.41) is 3.49. The Hall–Kier alpha value is -1.74. The number of amides is 1. The molecule has 1 N–H and O–H groups in total. The average Bonchev–Trinajstić information content (AvgIpc) is 3.61. The molecule has 4 rings (SSSR count). The maximum Gasteiger partial charge on any atom is 0.252 e. The molecule has 0 unspecified atom stereocenters. The Morgan fingerprint density at radius 2 is 1.94 bits per heavy atom. The first kappa shape index (κ1) is 24.4. The van der Waals surface area contributed by atoms with Crippen LogP contribution in [0, 0.1) is 11.7 Å². The van der Waals surface area contributed by atoms with Crippen LogP contribution < -0.4 is 5.32 Å². The number of carbonyl (C=O) groups is 1. The topological polar surface area (TPSA) is 79.4 Å². The molecule has 0 spiro atoms. The number of hydrogen-bond donors (Lipinski definition) is 1. The first-order valence-electron chi connectivity index (χ1n) is 11.0. The highest BCUT2D eigenvalue weighted by Crippen LogP contribution is 2.37. The van der Waals surface area contributed by atoms with Gasteiger partial charge >= 0.3 is 0 Å². The zero-order chi connectivity index (χ0) is 23.6. The minimum Gasteiger partial charge on any atom is -0.351 e. The quantitative estimate of drug-likeness (QED) is 0.566. The summed E-state index contributed by atoms with van der Waals surface area (Å²) in [5.41, 5.74) is -0.331. The largest absolute Gasteiger partial charge is 0.351 e. The third kappa shape index (κ3) is 5.67. The first-order valence-corrected chi connectivity index (χ1v) is 13.4. The van der Waals surface area contributed by atoms with Crippen LogP contribution in [0.2, 0.25) is 10.0 Å². The number of halogens is 3. The predicted octanol–water partition coefficient (Wildman–Crippen LogP) is 4.42.